The third kappa shape index (κ3) is 29.4. The number of carbonyl (C=O) groups excluding carboxylic acids is 1. The monoisotopic (exact) mass is 468 g/mol. The van der Waals surface area contributed by atoms with E-state index in [1.54, 1.807) is 0 Å². The molecule has 0 unspecified atom stereocenters. The van der Waals surface area contributed by atoms with Gasteiger partial charge in [0.2, 0.25) is 0 Å². The van der Waals surface area contributed by atoms with Gasteiger partial charge in [-0.3, -0.25) is 4.79 Å². The van der Waals surface area contributed by atoms with Gasteiger partial charge in [-0.1, -0.05) is 149 Å². The van der Waals surface area contributed by atoms with E-state index in [9.17, 15) is 4.79 Å². The zero-order chi connectivity index (χ0) is 24.1. The second-order valence-corrected chi connectivity index (χ2v) is 10.0. The third-order valence-corrected chi connectivity index (χ3v) is 6.62. The maximum atomic E-state index is 11.7. The summed E-state index contributed by atoms with van der Waals surface area (Å²) in [7, 11) is 0. The minimum Gasteiger partial charge on any atom is -0.463 e. The molecule has 0 aliphatic carbocycles. The maximum absolute atomic E-state index is 11.7. The number of ether oxygens (including phenoxy) is 2. The Kier molecular flexibility index (Phi) is 29.0. The molecule has 0 spiro atoms. The van der Waals surface area contributed by atoms with E-state index in [-0.39, 0.29) is 5.97 Å². The summed E-state index contributed by atoms with van der Waals surface area (Å²) in [6, 6.07) is 0. The van der Waals surface area contributed by atoms with Gasteiger partial charge < -0.3 is 9.47 Å². The molecule has 0 radical (unpaired) electrons. The fourth-order valence-electron chi connectivity index (χ4n) is 4.37. The van der Waals surface area contributed by atoms with Gasteiger partial charge in [0.1, 0.15) is 6.61 Å². The molecular formula is C30H60O3. The predicted octanol–water partition coefficient (Wildman–Crippen LogP) is 9.95. The molecule has 3 nitrogen and oxygen atoms in total. The van der Waals surface area contributed by atoms with E-state index in [0.29, 0.717) is 19.6 Å². The van der Waals surface area contributed by atoms with Gasteiger partial charge in [0.05, 0.1) is 6.61 Å². The predicted molar refractivity (Wildman–Crippen MR) is 144 cm³/mol. The van der Waals surface area contributed by atoms with Gasteiger partial charge >= 0.3 is 5.97 Å². The van der Waals surface area contributed by atoms with Gasteiger partial charge in [-0.05, 0) is 12.8 Å². The van der Waals surface area contributed by atoms with Crippen molar-refractivity contribution in [3.8, 4) is 0 Å². The molecule has 0 aromatic heterocycles. The highest BCUT2D eigenvalue weighted by molar-refractivity contribution is 5.69. The summed E-state index contributed by atoms with van der Waals surface area (Å²) in [6.07, 6.45) is 31.4. The Morgan fingerprint density at radius 2 is 0.788 bits per heavy atom. The maximum Gasteiger partial charge on any atom is 0.305 e. The molecule has 0 aliphatic rings. The normalized spacial score (nSPS) is 11.2. The van der Waals surface area contributed by atoms with E-state index >= 15 is 0 Å². The van der Waals surface area contributed by atoms with Crippen LogP contribution in [0.3, 0.4) is 0 Å². The molecule has 0 fully saturated rings. The Balaban J connectivity index is 3.10. The second-order valence-electron chi connectivity index (χ2n) is 10.0. The first-order chi connectivity index (χ1) is 16.3. The van der Waals surface area contributed by atoms with Gasteiger partial charge in [-0.2, -0.15) is 0 Å². The highest BCUT2D eigenvalue weighted by Crippen LogP contribution is 2.14. The van der Waals surface area contributed by atoms with Crippen LogP contribution in [0.15, 0.2) is 0 Å². The number of rotatable bonds is 28. The first-order valence-electron chi connectivity index (χ1n) is 15.0. The zero-order valence-electron chi connectivity index (χ0n) is 22.8. The Morgan fingerprint density at radius 3 is 1.21 bits per heavy atom. The van der Waals surface area contributed by atoms with E-state index in [0.717, 1.165) is 25.9 Å². The van der Waals surface area contributed by atoms with Gasteiger partial charge in [0.15, 0.2) is 0 Å². The summed E-state index contributed by atoms with van der Waals surface area (Å²) in [5, 5.41) is 0. The van der Waals surface area contributed by atoms with E-state index < -0.39 is 0 Å². The van der Waals surface area contributed by atoms with Gasteiger partial charge in [0, 0.05) is 13.0 Å². The average molecular weight is 469 g/mol. The second kappa shape index (κ2) is 29.5. The molecule has 0 bridgehead atoms. The minimum absolute atomic E-state index is 0.0606. The minimum atomic E-state index is -0.0606. The van der Waals surface area contributed by atoms with Crippen molar-refractivity contribution < 1.29 is 14.3 Å². The number of hydrogen-bond donors (Lipinski definition) is 0. The smallest absolute Gasteiger partial charge is 0.305 e. The summed E-state index contributed by atoms with van der Waals surface area (Å²) in [4.78, 5) is 11.7. The molecule has 3 heteroatoms. The standard InChI is InChI=1S/C30H60O3/c1-3-5-7-9-11-12-13-14-15-16-17-18-19-21-23-25-27-32-28-29-33-30(31)26-24-22-20-10-8-6-4-2/h3-29H2,1-2H3. The average Bonchev–Trinajstić information content (AvgIpc) is 2.82. The first kappa shape index (κ1) is 32.4. The van der Waals surface area contributed by atoms with Crippen LogP contribution in [0.25, 0.3) is 0 Å². The lowest BCUT2D eigenvalue weighted by molar-refractivity contribution is -0.145. The van der Waals surface area contributed by atoms with Crippen LogP contribution in [0.2, 0.25) is 0 Å². The van der Waals surface area contributed by atoms with Crippen LogP contribution >= 0.6 is 0 Å². The summed E-state index contributed by atoms with van der Waals surface area (Å²) in [6.45, 7) is 6.28. The lowest BCUT2D eigenvalue weighted by Crippen LogP contribution is -2.10. The van der Waals surface area contributed by atoms with Crippen molar-refractivity contribution >= 4 is 5.97 Å². The Morgan fingerprint density at radius 1 is 0.424 bits per heavy atom. The number of esters is 1. The van der Waals surface area contributed by atoms with Crippen LogP contribution in [-0.2, 0) is 14.3 Å². The van der Waals surface area contributed by atoms with E-state index in [2.05, 4.69) is 13.8 Å². The molecule has 0 aromatic rings. The van der Waals surface area contributed by atoms with Gasteiger partial charge in [-0.15, -0.1) is 0 Å². The lowest BCUT2D eigenvalue weighted by atomic mass is 10.0. The highest BCUT2D eigenvalue weighted by Gasteiger charge is 2.02. The molecule has 33 heavy (non-hydrogen) atoms. The molecule has 198 valence electrons. The summed E-state index contributed by atoms with van der Waals surface area (Å²) in [5.74, 6) is -0.0606. The molecule has 0 N–H and O–H groups in total. The Bertz CT molecular complexity index is 370. The molecule has 0 saturated heterocycles. The zero-order valence-corrected chi connectivity index (χ0v) is 22.8. The summed E-state index contributed by atoms with van der Waals surface area (Å²) in [5.41, 5.74) is 0. The summed E-state index contributed by atoms with van der Waals surface area (Å²) >= 11 is 0. The molecule has 0 amide bonds. The van der Waals surface area contributed by atoms with E-state index in [4.69, 9.17) is 9.47 Å². The quantitative estimate of drug-likeness (QED) is 0.0846. The Hall–Kier alpha value is -0.570. The highest BCUT2D eigenvalue weighted by atomic mass is 16.6. The molecule has 0 rings (SSSR count). The van der Waals surface area contributed by atoms with Crippen molar-refractivity contribution in [1.29, 1.82) is 0 Å². The number of carbonyl (C=O) groups is 1. The van der Waals surface area contributed by atoms with Crippen LogP contribution in [0.4, 0.5) is 0 Å². The van der Waals surface area contributed by atoms with Crippen molar-refractivity contribution in [3.63, 3.8) is 0 Å². The van der Waals surface area contributed by atoms with E-state index in [1.807, 2.05) is 0 Å². The van der Waals surface area contributed by atoms with Crippen LogP contribution < -0.4 is 0 Å². The number of hydrogen-bond acceptors (Lipinski definition) is 3. The molecule has 0 atom stereocenters. The lowest BCUT2D eigenvalue weighted by Gasteiger charge is -2.07. The SMILES string of the molecule is CCCCCCCCCCCCCCCCCCOCCOC(=O)CCCCCCCCC. The summed E-state index contributed by atoms with van der Waals surface area (Å²) < 4.78 is 10.9. The van der Waals surface area contributed by atoms with Gasteiger partial charge in [-0.25, -0.2) is 0 Å². The van der Waals surface area contributed by atoms with Crippen molar-refractivity contribution in [2.24, 2.45) is 0 Å². The first-order valence-corrected chi connectivity index (χ1v) is 15.0. The fraction of sp³-hybridized carbons (Fsp3) is 0.967. The Labute approximate surface area is 208 Å². The van der Waals surface area contributed by atoms with Crippen LogP contribution in [0.5, 0.6) is 0 Å². The van der Waals surface area contributed by atoms with Crippen LogP contribution in [-0.4, -0.2) is 25.8 Å². The molecule has 0 aromatic carbocycles. The molecule has 0 heterocycles. The molecular weight excluding hydrogens is 408 g/mol. The fourth-order valence-corrected chi connectivity index (χ4v) is 4.37. The third-order valence-electron chi connectivity index (χ3n) is 6.62. The molecule has 0 saturated carbocycles. The van der Waals surface area contributed by atoms with Crippen molar-refractivity contribution in [1.82, 2.24) is 0 Å². The number of unbranched alkanes of at least 4 members (excludes halogenated alkanes) is 21. The topological polar surface area (TPSA) is 35.5 Å². The molecule has 0 aliphatic heterocycles. The van der Waals surface area contributed by atoms with Crippen molar-refractivity contribution in [2.45, 2.75) is 168 Å². The van der Waals surface area contributed by atoms with Crippen molar-refractivity contribution in [3.05, 3.63) is 0 Å². The van der Waals surface area contributed by atoms with E-state index in [1.165, 1.54) is 128 Å². The van der Waals surface area contributed by atoms with Crippen molar-refractivity contribution in [2.75, 3.05) is 19.8 Å². The van der Waals surface area contributed by atoms with Gasteiger partial charge in [0.25, 0.3) is 0 Å². The van der Waals surface area contributed by atoms with Crippen LogP contribution in [0.1, 0.15) is 168 Å². The van der Waals surface area contributed by atoms with Crippen LogP contribution in [0, 0.1) is 0 Å². The largest absolute Gasteiger partial charge is 0.463 e.